The number of rotatable bonds is 4. The number of benzene rings is 1. The standard InChI is InChI=1S/C10H13ClN4O2/c1-16-8-4-7(11)3-6(9(8)17-2)5-14-15-10(12)13/h3-5H,1-2H3,(H4,12,13,15). The Bertz CT molecular complexity index is 448. The topological polar surface area (TPSA) is 92.7 Å². The van der Waals surface area contributed by atoms with E-state index in [0.717, 1.165) is 0 Å². The molecule has 0 spiro atoms. The molecule has 0 aliphatic heterocycles. The molecule has 1 aromatic rings. The summed E-state index contributed by atoms with van der Waals surface area (Å²) in [6, 6.07) is 3.30. The molecule has 6 nitrogen and oxygen atoms in total. The maximum absolute atomic E-state index is 6.95. The lowest BCUT2D eigenvalue weighted by Crippen LogP contribution is -2.25. The van der Waals surface area contributed by atoms with Crippen molar-refractivity contribution in [3.05, 3.63) is 22.7 Å². The van der Waals surface area contributed by atoms with Gasteiger partial charge in [-0.1, -0.05) is 11.6 Å². The summed E-state index contributed by atoms with van der Waals surface area (Å²) in [4.78, 5) is 0. The lowest BCUT2D eigenvalue weighted by Gasteiger charge is -2.10. The molecule has 17 heavy (non-hydrogen) atoms. The molecule has 0 radical (unpaired) electrons. The van der Waals surface area contributed by atoms with Crippen LogP contribution in [0.3, 0.4) is 0 Å². The Kier molecular flexibility index (Phi) is 4.59. The van der Waals surface area contributed by atoms with Crippen molar-refractivity contribution in [2.45, 2.75) is 0 Å². The van der Waals surface area contributed by atoms with E-state index in [1.54, 1.807) is 12.1 Å². The van der Waals surface area contributed by atoms with Crippen LogP contribution in [0.4, 0.5) is 0 Å². The summed E-state index contributed by atoms with van der Waals surface area (Å²) >= 11 is 5.91. The summed E-state index contributed by atoms with van der Waals surface area (Å²) < 4.78 is 10.3. The van der Waals surface area contributed by atoms with Crippen LogP contribution in [0.1, 0.15) is 5.56 Å². The van der Waals surface area contributed by atoms with Crippen LogP contribution in [-0.4, -0.2) is 26.4 Å². The smallest absolute Gasteiger partial charge is 0.206 e. The van der Waals surface area contributed by atoms with Crippen LogP contribution in [0.2, 0.25) is 5.02 Å². The van der Waals surface area contributed by atoms with Gasteiger partial charge in [-0.05, 0) is 6.07 Å². The normalized spacial score (nSPS) is 10.3. The van der Waals surface area contributed by atoms with Crippen molar-refractivity contribution in [1.82, 2.24) is 5.43 Å². The van der Waals surface area contributed by atoms with E-state index in [2.05, 4.69) is 10.5 Å². The van der Waals surface area contributed by atoms with Crippen LogP contribution < -0.4 is 20.6 Å². The fourth-order valence-corrected chi connectivity index (χ4v) is 1.44. The van der Waals surface area contributed by atoms with Gasteiger partial charge in [0.15, 0.2) is 11.5 Å². The second kappa shape index (κ2) is 5.95. The van der Waals surface area contributed by atoms with E-state index in [4.69, 9.17) is 32.2 Å². The number of hydrogen-bond acceptors (Lipinski definition) is 4. The molecule has 0 heterocycles. The van der Waals surface area contributed by atoms with Crippen molar-refractivity contribution in [3.63, 3.8) is 0 Å². The first-order valence-electron chi connectivity index (χ1n) is 4.63. The number of hydrogen-bond donors (Lipinski definition) is 3. The molecule has 0 aliphatic carbocycles. The third-order valence-corrected chi connectivity index (χ3v) is 2.08. The van der Waals surface area contributed by atoms with Crippen LogP contribution in [0, 0.1) is 5.41 Å². The van der Waals surface area contributed by atoms with Crippen LogP contribution in [-0.2, 0) is 0 Å². The van der Waals surface area contributed by atoms with E-state index in [-0.39, 0.29) is 5.96 Å². The van der Waals surface area contributed by atoms with Gasteiger partial charge in [0, 0.05) is 16.7 Å². The van der Waals surface area contributed by atoms with Gasteiger partial charge in [0.25, 0.3) is 0 Å². The number of nitrogens with two attached hydrogens (primary N) is 1. The number of nitrogens with one attached hydrogen (secondary N) is 2. The first-order chi connectivity index (χ1) is 8.08. The quantitative estimate of drug-likeness (QED) is 0.428. The van der Waals surface area contributed by atoms with E-state index in [1.165, 1.54) is 20.4 Å². The summed E-state index contributed by atoms with van der Waals surface area (Å²) in [5.74, 6) is 0.754. The summed E-state index contributed by atoms with van der Waals surface area (Å²) in [5, 5.41) is 11.2. The molecule has 7 heteroatoms. The largest absolute Gasteiger partial charge is 0.493 e. The SMILES string of the molecule is COc1cc(Cl)cc(C=NNC(=N)N)c1OC. The lowest BCUT2D eigenvalue weighted by atomic mass is 10.2. The third-order valence-electron chi connectivity index (χ3n) is 1.86. The Labute approximate surface area is 104 Å². The minimum atomic E-state index is -0.255. The van der Waals surface area contributed by atoms with Crippen LogP contribution in [0.25, 0.3) is 0 Å². The molecule has 0 atom stereocenters. The molecule has 0 aliphatic rings. The van der Waals surface area contributed by atoms with Gasteiger partial charge in [0.1, 0.15) is 0 Å². The second-order valence-electron chi connectivity index (χ2n) is 3.01. The molecular formula is C10H13ClN4O2. The van der Waals surface area contributed by atoms with Crippen LogP contribution in [0.15, 0.2) is 17.2 Å². The molecule has 1 aromatic carbocycles. The van der Waals surface area contributed by atoms with Gasteiger partial charge < -0.3 is 15.2 Å². The average molecular weight is 257 g/mol. The molecule has 0 unspecified atom stereocenters. The van der Waals surface area contributed by atoms with Gasteiger partial charge in [-0.15, -0.1) is 0 Å². The number of hydrazone groups is 1. The van der Waals surface area contributed by atoms with Gasteiger partial charge in [-0.2, -0.15) is 5.10 Å². The van der Waals surface area contributed by atoms with E-state index < -0.39 is 0 Å². The predicted octanol–water partition coefficient (Wildman–Crippen LogP) is 1.17. The maximum atomic E-state index is 6.95. The average Bonchev–Trinajstić information content (AvgIpc) is 2.27. The van der Waals surface area contributed by atoms with Crippen molar-refractivity contribution in [2.75, 3.05) is 14.2 Å². The van der Waals surface area contributed by atoms with Gasteiger partial charge >= 0.3 is 0 Å². The zero-order chi connectivity index (χ0) is 12.8. The Hall–Kier alpha value is -1.95. The summed E-state index contributed by atoms with van der Waals surface area (Å²) in [5.41, 5.74) is 8.00. The highest BCUT2D eigenvalue weighted by Crippen LogP contribution is 2.33. The van der Waals surface area contributed by atoms with Gasteiger partial charge in [0.05, 0.1) is 20.4 Å². The minimum absolute atomic E-state index is 0.255. The third kappa shape index (κ3) is 3.53. The number of nitrogens with zero attached hydrogens (tertiary/aromatic N) is 1. The second-order valence-corrected chi connectivity index (χ2v) is 3.45. The molecule has 4 N–H and O–H groups in total. The highest BCUT2D eigenvalue weighted by atomic mass is 35.5. The van der Waals surface area contributed by atoms with E-state index in [9.17, 15) is 0 Å². The van der Waals surface area contributed by atoms with Crippen molar-refractivity contribution < 1.29 is 9.47 Å². The van der Waals surface area contributed by atoms with E-state index >= 15 is 0 Å². The highest BCUT2D eigenvalue weighted by Gasteiger charge is 2.10. The highest BCUT2D eigenvalue weighted by molar-refractivity contribution is 6.31. The van der Waals surface area contributed by atoms with Gasteiger partial charge in [-0.25, -0.2) is 5.43 Å². The summed E-state index contributed by atoms with van der Waals surface area (Å²) in [7, 11) is 3.03. The van der Waals surface area contributed by atoms with Crippen molar-refractivity contribution in [1.29, 1.82) is 5.41 Å². The summed E-state index contributed by atoms with van der Waals surface area (Å²) in [6.45, 7) is 0. The number of guanidine groups is 1. The molecular weight excluding hydrogens is 244 g/mol. The Morgan fingerprint density at radius 1 is 1.47 bits per heavy atom. The predicted molar refractivity (Wildman–Crippen MR) is 67.2 cm³/mol. The molecule has 0 bridgehead atoms. The zero-order valence-corrected chi connectivity index (χ0v) is 10.2. The molecule has 0 saturated heterocycles. The van der Waals surface area contributed by atoms with Crippen molar-refractivity contribution >= 4 is 23.8 Å². The number of methoxy groups -OCH3 is 2. The van der Waals surface area contributed by atoms with Crippen LogP contribution >= 0.6 is 11.6 Å². The molecule has 0 saturated carbocycles. The van der Waals surface area contributed by atoms with Crippen molar-refractivity contribution in [2.24, 2.45) is 10.8 Å². The monoisotopic (exact) mass is 256 g/mol. The molecule has 0 fully saturated rings. The Balaban J connectivity index is 3.08. The Morgan fingerprint density at radius 2 is 2.18 bits per heavy atom. The first-order valence-corrected chi connectivity index (χ1v) is 5.01. The first kappa shape index (κ1) is 13.1. The number of halogens is 1. The van der Waals surface area contributed by atoms with Gasteiger partial charge in [0.2, 0.25) is 5.96 Å². The zero-order valence-electron chi connectivity index (χ0n) is 9.45. The maximum Gasteiger partial charge on any atom is 0.206 e. The molecule has 0 amide bonds. The molecule has 0 aromatic heterocycles. The van der Waals surface area contributed by atoms with Gasteiger partial charge in [-0.3, -0.25) is 5.41 Å². The Morgan fingerprint density at radius 3 is 2.71 bits per heavy atom. The van der Waals surface area contributed by atoms with E-state index in [0.29, 0.717) is 22.1 Å². The minimum Gasteiger partial charge on any atom is -0.493 e. The molecule has 92 valence electrons. The van der Waals surface area contributed by atoms with E-state index in [1.807, 2.05) is 0 Å². The number of ether oxygens (including phenoxy) is 2. The lowest BCUT2D eigenvalue weighted by molar-refractivity contribution is 0.354. The van der Waals surface area contributed by atoms with Crippen molar-refractivity contribution in [3.8, 4) is 11.5 Å². The fourth-order valence-electron chi connectivity index (χ4n) is 1.23. The van der Waals surface area contributed by atoms with Crippen LogP contribution in [0.5, 0.6) is 11.5 Å². The fraction of sp³-hybridized carbons (Fsp3) is 0.200. The molecule has 1 rings (SSSR count). The summed E-state index contributed by atoms with van der Waals surface area (Å²) in [6.07, 6.45) is 1.44.